The van der Waals surface area contributed by atoms with E-state index < -0.39 is 11.6 Å². The van der Waals surface area contributed by atoms with Crippen LogP contribution in [-0.4, -0.2) is 58.4 Å². The number of nitrogens with one attached hydrogen (secondary N) is 1. The zero-order valence-corrected chi connectivity index (χ0v) is 17.0. The van der Waals surface area contributed by atoms with Gasteiger partial charge >= 0.3 is 6.03 Å². The minimum Gasteiger partial charge on any atom is -0.378 e. The van der Waals surface area contributed by atoms with Crippen LogP contribution in [0.5, 0.6) is 0 Å². The van der Waals surface area contributed by atoms with Gasteiger partial charge in [-0.3, -0.25) is 0 Å². The Hall–Kier alpha value is -3.27. The zero-order valence-electron chi connectivity index (χ0n) is 17.0. The van der Waals surface area contributed by atoms with E-state index in [0.717, 1.165) is 18.6 Å². The van der Waals surface area contributed by atoms with Crippen LogP contribution in [0.2, 0.25) is 0 Å². The van der Waals surface area contributed by atoms with Crippen molar-refractivity contribution in [3.05, 3.63) is 53.9 Å². The molecule has 1 aromatic carbocycles. The molecule has 0 aliphatic carbocycles. The normalized spacial score (nSPS) is 19.1. The summed E-state index contributed by atoms with van der Waals surface area (Å²) in [5.41, 5.74) is 1.30. The predicted molar refractivity (Wildman–Crippen MR) is 110 cm³/mol. The van der Waals surface area contributed by atoms with E-state index in [2.05, 4.69) is 15.4 Å². The molecule has 5 rings (SSSR count). The number of anilines is 2. The maximum Gasteiger partial charge on any atom is 0.322 e. The van der Waals surface area contributed by atoms with Crippen molar-refractivity contribution in [2.24, 2.45) is 0 Å². The number of carbonyl (C=O) groups is 1. The second kappa shape index (κ2) is 7.77. The molecule has 162 valence electrons. The van der Waals surface area contributed by atoms with Crippen molar-refractivity contribution < 1.29 is 18.3 Å². The van der Waals surface area contributed by atoms with Gasteiger partial charge in [-0.1, -0.05) is 0 Å². The number of benzene rings is 1. The van der Waals surface area contributed by atoms with E-state index in [9.17, 15) is 13.6 Å². The van der Waals surface area contributed by atoms with Gasteiger partial charge in [0.2, 0.25) is 0 Å². The number of likely N-dealkylation sites (tertiary alicyclic amines) is 1. The molecule has 2 aliphatic heterocycles. The standard InChI is InChI=1S/C21H22F2N6O2/c1-31-14-11-27(12-14)21(30)25-17-10-24-29-8-6-19(26-20(17)29)28-7-2-3-18(28)15-9-13(22)4-5-16(15)23/h4-6,8-10,14,18H,2-3,7,11-12H2,1H3,(H,25,30). The van der Waals surface area contributed by atoms with Crippen molar-refractivity contribution >= 4 is 23.2 Å². The Labute approximate surface area is 177 Å². The summed E-state index contributed by atoms with van der Waals surface area (Å²) in [4.78, 5) is 20.7. The van der Waals surface area contributed by atoms with Crippen molar-refractivity contribution in [2.45, 2.75) is 25.0 Å². The van der Waals surface area contributed by atoms with Gasteiger partial charge in [0.1, 0.15) is 23.1 Å². The summed E-state index contributed by atoms with van der Waals surface area (Å²) in [7, 11) is 1.62. The summed E-state index contributed by atoms with van der Waals surface area (Å²) < 4.78 is 34.9. The van der Waals surface area contributed by atoms with E-state index in [1.807, 2.05) is 4.90 Å². The molecule has 0 radical (unpaired) electrons. The molecule has 0 spiro atoms. The van der Waals surface area contributed by atoms with Crippen LogP contribution in [-0.2, 0) is 4.74 Å². The number of urea groups is 1. The van der Waals surface area contributed by atoms with Crippen LogP contribution in [0.4, 0.5) is 25.1 Å². The van der Waals surface area contributed by atoms with Crippen molar-refractivity contribution in [1.82, 2.24) is 19.5 Å². The van der Waals surface area contributed by atoms with Crippen molar-refractivity contribution in [2.75, 3.05) is 37.0 Å². The SMILES string of the molecule is COC1CN(C(=O)Nc2cnn3ccc(N4CCCC4c4cc(F)ccc4F)nc23)C1. The van der Waals surface area contributed by atoms with Crippen LogP contribution in [0.1, 0.15) is 24.4 Å². The van der Waals surface area contributed by atoms with E-state index in [1.54, 1.807) is 35.0 Å². The molecule has 4 heterocycles. The zero-order chi connectivity index (χ0) is 21.5. The molecular weight excluding hydrogens is 406 g/mol. The molecule has 2 fully saturated rings. The number of hydrogen-bond donors (Lipinski definition) is 1. The summed E-state index contributed by atoms with van der Waals surface area (Å²) in [5, 5.41) is 7.09. The first-order valence-electron chi connectivity index (χ1n) is 10.2. The Morgan fingerprint density at radius 1 is 1.26 bits per heavy atom. The first-order valence-corrected chi connectivity index (χ1v) is 10.2. The minimum absolute atomic E-state index is 0.0645. The van der Waals surface area contributed by atoms with Crippen molar-refractivity contribution in [1.29, 1.82) is 0 Å². The van der Waals surface area contributed by atoms with E-state index in [1.165, 1.54) is 6.07 Å². The summed E-state index contributed by atoms with van der Waals surface area (Å²) in [6.45, 7) is 1.75. The second-order valence-electron chi connectivity index (χ2n) is 7.82. The lowest BCUT2D eigenvalue weighted by molar-refractivity contribution is -0.00465. The number of hydrogen-bond acceptors (Lipinski definition) is 5. The Balaban J connectivity index is 1.41. The highest BCUT2D eigenvalue weighted by atomic mass is 19.1. The fraction of sp³-hybridized carbons (Fsp3) is 0.381. The number of fused-ring (bicyclic) bond motifs is 1. The fourth-order valence-corrected chi connectivity index (χ4v) is 4.19. The van der Waals surface area contributed by atoms with E-state index in [-0.39, 0.29) is 18.2 Å². The van der Waals surface area contributed by atoms with Gasteiger partial charge in [0.05, 0.1) is 31.4 Å². The number of halogens is 2. The van der Waals surface area contributed by atoms with Gasteiger partial charge in [0.15, 0.2) is 5.65 Å². The number of amides is 2. The van der Waals surface area contributed by atoms with Crippen LogP contribution in [0.15, 0.2) is 36.7 Å². The highest BCUT2D eigenvalue weighted by Gasteiger charge is 2.32. The Kier molecular flexibility index (Phi) is 4.93. The molecule has 31 heavy (non-hydrogen) atoms. The molecule has 2 amide bonds. The lowest BCUT2D eigenvalue weighted by Crippen LogP contribution is -2.55. The maximum absolute atomic E-state index is 14.4. The largest absolute Gasteiger partial charge is 0.378 e. The van der Waals surface area contributed by atoms with Crippen LogP contribution in [0, 0.1) is 11.6 Å². The van der Waals surface area contributed by atoms with Gasteiger partial charge in [-0.15, -0.1) is 0 Å². The number of carbonyl (C=O) groups excluding carboxylic acids is 1. The summed E-state index contributed by atoms with van der Waals surface area (Å²) in [6.07, 6.45) is 4.90. The smallest absolute Gasteiger partial charge is 0.322 e. The first-order chi connectivity index (χ1) is 15.0. The third kappa shape index (κ3) is 3.56. The molecule has 2 aromatic heterocycles. The third-order valence-electron chi connectivity index (χ3n) is 5.93. The molecule has 1 atom stereocenters. The molecule has 1 N–H and O–H groups in total. The van der Waals surface area contributed by atoms with Gasteiger partial charge in [-0.25, -0.2) is 23.1 Å². The van der Waals surface area contributed by atoms with Gasteiger partial charge in [0, 0.05) is 25.4 Å². The lowest BCUT2D eigenvalue weighted by Gasteiger charge is -2.37. The van der Waals surface area contributed by atoms with Gasteiger partial charge in [-0.05, 0) is 37.1 Å². The van der Waals surface area contributed by atoms with Gasteiger partial charge in [-0.2, -0.15) is 5.10 Å². The molecule has 3 aromatic rings. The topological polar surface area (TPSA) is 75.0 Å². The van der Waals surface area contributed by atoms with E-state index >= 15 is 0 Å². The first kappa shape index (κ1) is 19.7. The number of aromatic nitrogens is 3. The number of rotatable bonds is 4. The molecule has 0 saturated carbocycles. The van der Waals surface area contributed by atoms with Crippen LogP contribution >= 0.6 is 0 Å². The highest BCUT2D eigenvalue weighted by molar-refractivity contribution is 5.93. The van der Waals surface area contributed by atoms with Gasteiger partial charge < -0.3 is 19.9 Å². The maximum atomic E-state index is 14.4. The van der Waals surface area contributed by atoms with Crippen molar-refractivity contribution in [3.8, 4) is 0 Å². The fourth-order valence-electron chi connectivity index (χ4n) is 4.19. The molecule has 2 aliphatic rings. The van der Waals surface area contributed by atoms with Crippen LogP contribution in [0.3, 0.4) is 0 Å². The second-order valence-corrected chi connectivity index (χ2v) is 7.82. The predicted octanol–water partition coefficient (Wildman–Crippen LogP) is 3.21. The summed E-state index contributed by atoms with van der Waals surface area (Å²) >= 11 is 0. The average Bonchev–Trinajstić information content (AvgIpc) is 3.36. The summed E-state index contributed by atoms with van der Waals surface area (Å²) in [6, 6.07) is 4.78. The Bertz CT molecular complexity index is 1130. The van der Waals surface area contributed by atoms with Crippen LogP contribution < -0.4 is 10.2 Å². The number of nitrogens with zero attached hydrogens (tertiary/aromatic N) is 5. The minimum atomic E-state index is -0.464. The van der Waals surface area contributed by atoms with Crippen LogP contribution in [0.25, 0.3) is 5.65 Å². The highest BCUT2D eigenvalue weighted by Crippen LogP contribution is 2.37. The molecule has 1 unspecified atom stereocenters. The van der Waals surface area contributed by atoms with E-state index in [4.69, 9.17) is 4.74 Å². The molecule has 2 saturated heterocycles. The quantitative estimate of drug-likeness (QED) is 0.691. The Morgan fingerprint density at radius 2 is 2.10 bits per heavy atom. The monoisotopic (exact) mass is 428 g/mol. The lowest BCUT2D eigenvalue weighted by atomic mass is 10.0. The molecule has 10 heteroatoms. The van der Waals surface area contributed by atoms with Crippen molar-refractivity contribution in [3.63, 3.8) is 0 Å². The Morgan fingerprint density at radius 3 is 2.90 bits per heavy atom. The molecule has 0 bridgehead atoms. The molecule has 8 nitrogen and oxygen atoms in total. The third-order valence-corrected chi connectivity index (χ3v) is 5.93. The molecular formula is C21H22F2N6O2. The number of methoxy groups -OCH3 is 1. The van der Waals surface area contributed by atoms with E-state index in [0.29, 0.717) is 48.8 Å². The summed E-state index contributed by atoms with van der Waals surface area (Å²) in [5.74, 6) is -0.271. The average molecular weight is 428 g/mol. The number of ether oxygens (including phenoxy) is 1. The van der Waals surface area contributed by atoms with Gasteiger partial charge in [0.25, 0.3) is 0 Å².